The second kappa shape index (κ2) is 13.0. The first-order valence-corrected chi connectivity index (χ1v) is 12.8. The lowest BCUT2D eigenvalue weighted by Gasteiger charge is -2.42. The number of hydrogen-bond acceptors (Lipinski definition) is 18. The minimum atomic E-state index is -2.00. The van der Waals surface area contributed by atoms with Crippen molar-refractivity contribution in [1.29, 1.82) is 0 Å². The highest BCUT2D eigenvalue weighted by molar-refractivity contribution is 5.92. The maximum atomic E-state index is 13.0. The summed E-state index contributed by atoms with van der Waals surface area (Å²) < 4.78 is 26.6. The Kier molecular flexibility index (Phi) is 9.36. The van der Waals surface area contributed by atoms with Gasteiger partial charge in [0.15, 0.2) is 70.2 Å². The van der Waals surface area contributed by atoms with E-state index in [2.05, 4.69) is 0 Å². The molecule has 3 aromatic carbocycles. The zero-order valence-corrected chi connectivity index (χ0v) is 23.3. The smallest absolute Gasteiger partial charge is 0.339 e. The Morgan fingerprint density at radius 3 is 1.33 bits per heavy atom. The number of ether oxygens (including phenoxy) is 5. The predicted octanol–water partition coefficient (Wildman–Crippen LogP) is 0.377. The number of phenolic OH excluding ortho intramolecular Hbond substituents is 9. The third-order valence-electron chi connectivity index (χ3n) is 6.63. The van der Waals surface area contributed by atoms with E-state index in [1.165, 1.54) is 0 Å². The molecule has 1 saturated heterocycles. The van der Waals surface area contributed by atoms with Crippen LogP contribution in [0.5, 0.6) is 51.7 Å². The van der Waals surface area contributed by atoms with Crippen molar-refractivity contribution >= 4 is 17.9 Å². The SMILES string of the molecule is COC1OC(COC(=O)c2cc(O)c(O)c(O)c2)C(O)C(OC(=O)c2cc(O)c(O)c(O)c2)C1OC(=O)c1cc(O)c(O)c(O)c1. The molecule has 5 unspecified atom stereocenters. The van der Waals surface area contributed by atoms with Crippen LogP contribution < -0.4 is 0 Å². The molecule has 18 heteroatoms. The molecule has 3 aromatic rings. The number of carbonyl (C=O) groups is 3. The van der Waals surface area contributed by atoms with Gasteiger partial charge in [0.2, 0.25) is 0 Å². The molecule has 0 aromatic heterocycles. The number of phenols is 9. The van der Waals surface area contributed by atoms with Gasteiger partial charge in [0.05, 0.1) is 16.7 Å². The Bertz CT molecular complexity index is 1600. The molecule has 0 radical (unpaired) electrons. The fourth-order valence-corrected chi connectivity index (χ4v) is 4.27. The fraction of sp³-hybridized carbons (Fsp3) is 0.250. The molecule has 0 saturated carbocycles. The lowest BCUT2D eigenvalue weighted by Crippen LogP contribution is -2.61. The first kappa shape index (κ1) is 33.1. The Morgan fingerprint density at radius 2 is 0.957 bits per heavy atom. The zero-order valence-electron chi connectivity index (χ0n) is 23.3. The van der Waals surface area contributed by atoms with Crippen molar-refractivity contribution in [1.82, 2.24) is 0 Å². The summed E-state index contributed by atoms with van der Waals surface area (Å²) in [6, 6.07) is 4.42. The maximum absolute atomic E-state index is 13.0. The summed E-state index contributed by atoms with van der Waals surface area (Å²) in [4.78, 5) is 38.6. The number of aromatic hydroxyl groups is 9. The summed E-state index contributed by atoms with van der Waals surface area (Å²) in [7, 11) is 1.06. The molecule has 0 amide bonds. The number of carbonyl (C=O) groups excluding carboxylic acids is 3. The third-order valence-corrected chi connectivity index (χ3v) is 6.63. The van der Waals surface area contributed by atoms with E-state index in [0.29, 0.717) is 12.1 Å². The molecule has 18 nitrogen and oxygen atoms in total. The second-order valence-corrected chi connectivity index (χ2v) is 9.70. The molecular formula is C28H26O18. The van der Waals surface area contributed by atoms with Crippen molar-refractivity contribution in [3.63, 3.8) is 0 Å². The number of hydrogen-bond donors (Lipinski definition) is 10. The summed E-state index contributed by atoms with van der Waals surface area (Å²) in [6.45, 7) is -0.808. The minimum Gasteiger partial charge on any atom is -0.504 e. The van der Waals surface area contributed by atoms with Gasteiger partial charge in [0.1, 0.15) is 18.8 Å². The largest absolute Gasteiger partial charge is 0.504 e. The van der Waals surface area contributed by atoms with E-state index in [9.17, 15) is 65.4 Å². The van der Waals surface area contributed by atoms with Crippen LogP contribution >= 0.6 is 0 Å². The summed E-state index contributed by atoms with van der Waals surface area (Å²) in [5.41, 5.74) is -1.50. The lowest BCUT2D eigenvalue weighted by atomic mass is 9.98. The first-order valence-electron chi connectivity index (χ1n) is 12.8. The van der Waals surface area contributed by atoms with Gasteiger partial charge in [0.25, 0.3) is 0 Å². The van der Waals surface area contributed by atoms with Crippen LogP contribution in [-0.2, 0) is 23.7 Å². The van der Waals surface area contributed by atoms with E-state index in [-0.39, 0.29) is 0 Å². The fourth-order valence-electron chi connectivity index (χ4n) is 4.27. The molecule has 10 N–H and O–H groups in total. The van der Waals surface area contributed by atoms with Crippen LogP contribution in [0.2, 0.25) is 0 Å². The number of aliphatic hydroxyl groups excluding tert-OH is 1. The van der Waals surface area contributed by atoms with Gasteiger partial charge in [-0.1, -0.05) is 0 Å². The molecular weight excluding hydrogens is 624 g/mol. The molecule has 1 heterocycles. The maximum Gasteiger partial charge on any atom is 0.339 e. The standard InChI is InChI=1S/C28H26O18/c1-42-28-24(46-27(41)11-6-16(33)21(37)17(34)7-11)23(45-26(40)10-4-14(31)20(36)15(32)5-10)22(38)18(44-28)8-43-25(39)9-2-12(29)19(35)13(30)3-9/h2-7,18,22-24,28-38H,8H2,1H3. The summed E-state index contributed by atoms with van der Waals surface area (Å²) in [6.07, 6.45) is -9.05. The highest BCUT2D eigenvalue weighted by Gasteiger charge is 2.51. The van der Waals surface area contributed by atoms with Crippen LogP contribution in [0.3, 0.4) is 0 Å². The number of methoxy groups -OCH3 is 1. The second-order valence-electron chi connectivity index (χ2n) is 9.70. The van der Waals surface area contributed by atoms with Crippen LogP contribution in [0.4, 0.5) is 0 Å². The number of aliphatic hydroxyl groups is 1. The molecule has 0 spiro atoms. The van der Waals surface area contributed by atoms with Crippen molar-refractivity contribution in [2.75, 3.05) is 13.7 Å². The average Bonchev–Trinajstić information content (AvgIpc) is 3.01. The molecule has 5 atom stereocenters. The van der Waals surface area contributed by atoms with E-state index in [1.807, 2.05) is 0 Å². The first-order chi connectivity index (χ1) is 21.6. The van der Waals surface area contributed by atoms with Crippen molar-refractivity contribution in [2.45, 2.75) is 30.7 Å². The van der Waals surface area contributed by atoms with Gasteiger partial charge in [-0.05, 0) is 36.4 Å². The molecule has 0 bridgehead atoms. The van der Waals surface area contributed by atoms with Crippen LogP contribution in [-0.4, -0.2) is 113 Å². The lowest BCUT2D eigenvalue weighted by molar-refractivity contribution is -0.292. The number of esters is 3. The predicted molar refractivity (Wildman–Crippen MR) is 145 cm³/mol. The molecule has 0 aliphatic carbocycles. The number of rotatable bonds is 8. The highest BCUT2D eigenvalue weighted by Crippen LogP contribution is 2.38. The van der Waals surface area contributed by atoms with Crippen LogP contribution in [0.25, 0.3) is 0 Å². The third kappa shape index (κ3) is 6.62. The Labute approximate surface area is 256 Å². The van der Waals surface area contributed by atoms with E-state index in [0.717, 1.165) is 31.4 Å². The van der Waals surface area contributed by atoms with Crippen molar-refractivity contribution < 1.29 is 89.1 Å². The van der Waals surface area contributed by atoms with Gasteiger partial charge in [0, 0.05) is 7.11 Å². The van der Waals surface area contributed by atoms with Gasteiger partial charge >= 0.3 is 17.9 Å². The van der Waals surface area contributed by atoms with E-state index >= 15 is 0 Å². The van der Waals surface area contributed by atoms with Gasteiger partial charge in [-0.3, -0.25) is 0 Å². The quantitative estimate of drug-likeness (QED) is 0.0894. The van der Waals surface area contributed by atoms with Gasteiger partial charge in [-0.15, -0.1) is 0 Å². The van der Waals surface area contributed by atoms with E-state index in [4.69, 9.17) is 23.7 Å². The van der Waals surface area contributed by atoms with Crippen molar-refractivity contribution in [2.24, 2.45) is 0 Å². The van der Waals surface area contributed by atoms with E-state index < -0.39 is 124 Å². The van der Waals surface area contributed by atoms with Gasteiger partial charge < -0.3 is 74.7 Å². The molecule has 4 rings (SSSR count). The van der Waals surface area contributed by atoms with Crippen LogP contribution in [0, 0.1) is 0 Å². The van der Waals surface area contributed by atoms with Crippen molar-refractivity contribution in [3.8, 4) is 51.7 Å². The van der Waals surface area contributed by atoms with Crippen LogP contribution in [0.15, 0.2) is 36.4 Å². The molecule has 1 aliphatic heterocycles. The monoisotopic (exact) mass is 650 g/mol. The molecule has 1 fully saturated rings. The molecule has 1 aliphatic rings. The van der Waals surface area contributed by atoms with Crippen molar-refractivity contribution in [3.05, 3.63) is 53.1 Å². The summed E-state index contributed by atoms with van der Waals surface area (Å²) in [5, 5.41) is 98.4. The molecule has 246 valence electrons. The average molecular weight is 650 g/mol. The number of benzene rings is 3. The Hall–Kier alpha value is -5.85. The minimum absolute atomic E-state index is 0.427. The summed E-state index contributed by atoms with van der Waals surface area (Å²) >= 11 is 0. The Balaban J connectivity index is 1.63. The normalized spacial score (nSPS) is 20.9. The summed E-state index contributed by atoms with van der Waals surface area (Å²) in [5.74, 6) is -12.0. The van der Waals surface area contributed by atoms with E-state index in [1.54, 1.807) is 0 Å². The van der Waals surface area contributed by atoms with Gasteiger partial charge in [-0.2, -0.15) is 0 Å². The highest BCUT2D eigenvalue weighted by atomic mass is 16.7. The van der Waals surface area contributed by atoms with Crippen LogP contribution in [0.1, 0.15) is 31.1 Å². The van der Waals surface area contributed by atoms with Gasteiger partial charge in [-0.25, -0.2) is 14.4 Å². The topological polar surface area (TPSA) is 300 Å². The molecule has 46 heavy (non-hydrogen) atoms. The zero-order chi connectivity index (χ0) is 34.0. The Morgan fingerprint density at radius 1 is 0.609 bits per heavy atom.